The second-order valence-corrected chi connectivity index (χ2v) is 9.90. The molecule has 0 radical (unpaired) electrons. The third-order valence-electron chi connectivity index (χ3n) is 8.24. The van der Waals surface area contributed by atoms with Gasteiger partial charge in [0, 0.05) is 24.3 Å². The molecule has 0 spiro atoms. The van der Waals surface area contributed by atoms with Gasteiger partial charge in [0.1, 0.15) is 0 Å². The molecule has 28 heavy (non-hydrogen) atoms. The SMILES string of the molecule is C#CC(C)(C)OC(=O)C12ONCC1CC1C3CCC4=CCC=CC4C3CCC12. The first-order valence-corrected chi connectivity index (χ1v) is 10.9. The summed E-state index contributed by atoms with van der Waals surface area (Å²) in [6.45, 7) is 4.27. The van der Waals surface area contributed by atoms with Crippen LogP contribution in [0.1, 0.15) is 52.4 Å². The number of fused-ring (bicyclic) bond motifs is 7. The van der Waals surface area contributed by atoms with Crippen LogP contribution >= 0.6 is 0 Å². The van der Waals surface area contributed by atoms with Gasteiger partial charge in [-0.2, -0.15) is 0 Å². The monoisotopic (exact) mass is 381 g/mol. The van der Waals surface area contributed by atoms with Gasteiger partial charge in [-0.05, 0) is 70.1 Å². The molecule has 0 aromatic carbocycles. The Morgan fingerprint density at radius 1 is 1.32 bits per heavy atom. The number of rotatable bonds is 2. The molecule has 1 heterocycles. The van der Waals surface area contributed by atoms with Gasteiger partial charge in [0.2, 0.25) is 0 Å². The van der Waals surface area contributed by atoms with E-state index < -0.39 is 11.2 Å². The summed E-state index contributed by atoms with van der Waals surface area (Å²) < 4.78 is 5.79. The molecule has 4 aliphatic carbocycles. The minimum absolute atomic E-state index is 0.182. The molecule has 7 unspecified atom stereocenters. The smallest absolute Gasteiger partial charge is 0.342 e. The maximum atomic E-state index is 13.4. The first-order valence-electron chi connectivity index (χ1n) is 10.9. The molecule has 0 aromatic rings. The van der Waals surface area contributed by atoms with E-state index in [0.29, 0.717) is 17.8 Å². The van der Waals surface area contributed by atoms with E-state index in [2.05, 4.69) is 29.6 Å². The Labute approximate surface area is 168 Å². The third kappa shape index (κ3) is 2.56. The Bertz CT molecular complexity index is 775. The van der Waals surface area contributed by atoms with E-state index in [1.807, 2.05) is 0 Å². The van der Waals surface area contributed by atoms with Crippen molar-refractivity contribution in [2.45, 2.75) is 63.6 Å². The summed E-state index contributed by atoms with van der Waals surface area (Å²) in [5.74, 6) is 5.31. The number of carbonyl (C=O) groups excluding carboxylic acids is 1. The van der Waals surface area contributed by atoms with Gasteiger partial charge in [0.05, 0.1) is 0 Å². The molecule has 7 atom stereocenters. The van der Waals surface area contributed by atoms with Gasteiger partial charge in [-0.25, -0.2) is 10.3 Å². The molecule has 0 bridgehead atoms. The molecule has 4 heteroatoms. The Kier molecular flexibility index (Phi) is 4.27. The van der Waals surface area contributed by atoms with Gasteiger partial charge in [-0.3, -0.25) is 4.84 Å². The van der Waals surface area contributed by atoms with Crippen molar-refractivity contribution < 1.29 is 14.4 Å². The molecule has 1 N–H and O–H groups in total. The maximum Gasteiger partial charge on any atom is 0.342 e. The van der Waals surface area contributed by atoms with Crippen molar-refractivity contribution in [2.24, 2.45) is 35.5 Å². The molecule has 1 saturated heterocycles. The van der Waals surface area contributed by atoms with Gasteiger partial charge >= 0.3 is 5.97 Å². The number of hydroxylamine groups is 1. The lowest BCUT2D eigenvalue weighted by molar-refractivity contribution is -0.194. The van der Waals surface area contributed by atoms with Gasteiger partial charge < -0.3 is 4.74 Å². The van der Waals surface area contributed by atoms with Crippen LogP contribution in [0.15, 0.2) is 23.8 Å². The fraction of sp³-hybridized carbons (Fsp3) is 0.708. The number of nitrogens with one attached hydrogen (secondary N) is 1. The first-order chi connectivity index (χ1) is 13.5. The topological polar surface area (TPSA) is 47.6 Å². The summed E-state index contributed by atoms with van der Waals surface area (Å²) in [6.07, 6.45) is 19.6. The predicted octanol–water partition coefficient (Wildman–Crippen LogP) is 3.79. The van der Waals surface area contributed by atoms with Crippen molar-refractivity contribution in [1.82, 2.24) is 5.48 Å². The van der Waals surface area contributed by atoms with Crippen molar-refractivity contribution >= 4 is 5.97 Å². The summed E-state index contributed by atoms with van der Waals surface area (Å²) >= 11 is 0. The van der Waals surface area contributed by atoms with Gasteiger partial charge in [0.25, 0.3) is 0 Å². The molecule has 0 aromatic heterocycles. The lowest BCUT2D eigenvalue weighted by atomic mass is 9.56. The van der Waals surface area contributed by atoms with E-state index in [1.165, 1.54) is 19.3 Å². The lowest BCUT2D eigenvalue weighted by Gasteiger charge is -2.49. The number of allylic oxidation sites excluding steroid dienone is 4. The summed E-state index contributed by atoms with van der Waals surface area (Å²) in [4.78, 5) is 19.4. The highest BCUT2D eigenvalue weighted by Gasteiger charge is 2.68. The molecular weight excluding hydrogens is 350 g/mol. The largest absolute Gasteiger partial charge is 0.444 e. The average molecular weight is 382 g/mol. The standard InChI is InChI=1S/C24H31NO3/c1-4-23(2,3)27-22(26)24-16(14-25-28-24)13-20-19-10-9-15-7-5-6-8-17(15)18(19)11-12-21(20)24/h1,6-8,16-21,25H,5,9-14H2,2-3H3. The zero-order valence-electron chi connectivity index (χ0n) is 16.9. The Morgan fingerprint density at radius 2 is 2.18 bits per heavy atom. The minimum Gasteiger partial charge on any atom is -0.444 e. The van der Waals surface area contributed by atoms with Crippen LogP contribution in [-0.4, -0.2) is 23.7 Å². The molecular formula is C24H31NO3. The Balaban J connectivity index is 1.43. The van der Waals surface area contributed by atoms with E-state index in [-0.39, 0.29) is 17.8 Å². The fourth-order valence-electron chi connectivity index (χ4n) is 7.05. The van der Waals surface area contributed by atoms with E-state index >= 15 is 0 Å². The highest BCUT2D eigenvalue weighted by Crippen LogP contribution is 2.62. The Hall–Kier alpha value is -1.57. The molecule has 4 nitrogen and oxygen atoms in total. The highest BCUT2D eigenvalue weighted by molar-refractivity contribution is 5.82. The Morgan fingerprint density at radius 3 is 3.00 bits per heavy atom. The number of hydrogen-bond acceptors (Lipinski definition) is 4. The summed E-state index contributed by atoms with van der Waals surface area (Å²) in [5, 5.41) is 0. The predicted molar refractivity (Wildman–Crippen MR) is 107 cm³/mol. The minimum atomic E-state index is -0.908. The molecule has 5 rings (SSSR count). The maximum absolute atomic E-state index is 13.4. The van der Waals surface area contributed by atoms with Crippen LogP contribution in [0.4, 0.5) is 0 Å². The molecule has 1 aliphatic heterocycles. The average Bonchev–Trinajstić information content (AvgIpc) is 3.25. The van der Waals surface area contributed by atoms with E-state index in [0.717, 1.165) is 31.7 Å². The fourth-order valence-corrected chi connectivity index (χ4v) is 7.05. The number of terminal acetylenes is 1. The quantitative estimate of drug-likeness (QED) is 0.449. The van der Waals surface area contributed by atoms with Crippen molar-refractivity contribution in [3.8, 4) is 12.3 Å². The van der Waals surface area contributed by atoms with Crippen LogP contribution in [0, 0.1) is 47.9 Å². The van der Waals surface area contributed by atoms with Gasteiger partial charge in [0.15, 0.2) is 11.2 Å². The molecule has 3 saturated carbocycles. The molecule has 150 valence electrons. The van der Waals surface area contributed by atoms with Crippen molar-refractivity contribution in [1.29, 1.82) is 0 Å². The summed E-state index contributed by atoms with van der Waals surface area (Å²) in [7, 11) is 0. The van der Waals surface area contributed by atoms with Crippen LogP contribution < -0.4 is 5.48 Å². The van der Waals surface area contributed by atoms with E-state index in [4.69, 9.17) is 16.0 Å². The number of hydrogen-bond donors (Lipinski definition) is 1. The molecule has 4 fully saturated rings. The lowest BCUT2D eigenvalue weighted by Crippen LogP contribution is -2.53. The van der Waals surface area contributed by atoms with Crippen molar-refractivity contribution in [3.63, 3.8) is 0 Å². The van der Waals surface area contributed by atoms with Crippen molar-refractivity contribution in [3.05, 3.63) is 23.8 Å². The first kappa shape index (κ1) is 18.5. The van der Waals surface area contributed by atoms with Crippen LogP contribution in [0.25, 0.3) is 0 Å². The van der Waals surface area contributed by atoms with Crippen LogP contribution in [0.2, 0.25) is 0 Å². The summed E-state index contributed by atoms with van der Waals surface area (Å²) in [5.41, 5.74) is 2.92. The molecule has 0 amide bonds. The molecule has 5 aliphatic rings. The van der Waals surface area contributed by atoms with Gasteiger partial charge in [-0.1, -0.05) is 29.7 Å². The second-order valence-electron chi connectivity index (χ2n) is 9.90. The van der Waals surface area contributed by atoms with Crippen molar-refractivity contribution in [2.75, 3.05) is 6.54 Å². The third-order valence-corrected chi connectivity index (χ3v) is 8.24. The zero-order valence-corrected chi connectivity index (χ0v) is 16.9. The number of esters is 1. The van der Waals surface area contributed by atoms with Gasteiger partial charge in [-0.15, -0.1) is 6.42 Å². The second kappa shape index (κ2) is 6.47. The number of ether oxygens (including phenoxy) is 1. The highest BCUT2D eigenvalue weighted by atomic mass is 16.7. The van der Waals surface area contributed by atoms with Crippen LogP contribution in [-0.2, 0) is 14.4 Å². The van der Waals surface area contributed by atoms with Crippen LogP contribution in [0.5, 0.6) is 0 Å². The number of carbonyl (C=O) groups is 1. The normalized spacial score (nSPS) is 43.8. The van der Waals surface area contributed by atoms with E-state index in [9.17, 15) is 4.79 Å². The van der Waals surface area contributed by atoms with Crippen LogP contribution in [0.3, 0.4) is 0 Å². The van der Waals surface area contributed by atoms with E-state index in [1.54, 1.807) is 19.4 Å². The zero-order chi connectivity index (χ0) is 19.5. The summed E-state index contributed by atoms with van der Waals surface area (Å²) in [6, 6.07) is 0.